The minimum atomic E-state index is -0.861. The molecule has 5 nitrogen and oxygen atoms in total. The number of benzene rings is 1. The number of likely N-dealkylation sites (tertiary alicyclic amines) is 1. The third-order valence-electron chi connectivity index (χ3n) is 5.21. The quantitative estimate of drug-likeness (QED) is 0.891. The van der Waals surface area contributed by atoms with Crippen molar-refractivity contribution in [1.29, 1.82) is 0 Å². The van der Waals surface area contributed by atoms with Gasteiger partial charge in [-0.15, -0.1) is 0 Å². The summed E-state index contributed by atoms with van der Waals surface area (Å²) in [6.45, 7) is 3.44. The van der Waals surface area contributed by atoms with Crippen molar-refractivity contribution in [3.8, 4) is 0 Å². The van der Waals surface area contributed by atoms with Crippen molar-refractivity contribution in [1.82, 2.24) is 10.2 Å². The van der Waals surface area contributed by atoms with Gasteiger partial charge >= 0.3 is 0 Å². The Kier molecular flexibility index (Phi) is 5.86. The second-order valence-corrected chi connectivity index (χ2v) is 7.04. The van der Waals surface area contributed by atoms with Gasteiger partial charge in [0.1, 0.15) is 11.6 Å². The van der Waals surface area contributed by atoms with E-state index in [4.69, 9.17) is 4.74 Å². The van der Waals surface area contributed by atoms with Gasteiger partial charge < -0.3 is 15.0 Å². The zero-order chi connectivity index (χ0) is 18.7. The van der Waals surface area contributed by atoms with Crippen molar-refractivity contribution < 1.29 is 23.1 Å². The first-order chi connectivity index (χ1) is 12.5. The Labute approximate surface area is 151 Å². The van der Waals surface area contributed by atoms with Crippen LogP contribution in [-0.4, -0.2) is 48.6 Å². The largest absolute Gasteiger partial charge is 0.376 e. The van der Waals surface area contributed by atoms with E-state index >= 15 is 0 Å². The van der Waals surface area contributed by atoms with Crippen molar-refractivity contribution in [2.75, 3.05) is 19.7 Å². The molecule has 1 aromatic carbocycles. The number of hydrogen-bond donors (Lipinski definition) is 1. The van der Waals surface area contributed by atoms with Crippen LogP contribution < -0.4 is 5.32 Å². The highest BCUT2D eigenvalue weighted by molar-refractivity contribution is 5.94. The van der Waals surface area contributed by atoms with Crippen LogP contribution in [0.15, 0.2) is 18.2 Å². The average Bonchev–Trinajstić information content (AvgIpc) is 3.16. The first kappa shape index (κ1) is 18.8. The number of ether oxygens (including phenoxy) is 1. The maximum Gasteiger partial charge on any atom is 0.256 e. The van der Waals surface area contributed by atoms with Crippen LogP contribution >= 0.6 is 0 Å². The van der Waals surface area contributed by atoms with Crippen LogP contribution in [0.25, 0.3) is 0 Å². The summed E-state index contributed by atoms with van der Waals surface area (Å²) >= 11 is 0. The lowest BCUT2D eigenvalue weighted by molar-refractivity contribution is -0.127. The van der Waals surface area contributed by atoms with Crippen LogP contribution in [0, 0.1) is 17.6 Å². The van der Waals surface area contributed by atoms with Crippen LogP contribution in [0.3, 0.4) is 0 Å². The molecule has 2 heterocycles. The molecule has 7 heteroatoms. The summed E-state index contributed by atoms with van der Waals surface area (Å²) in [5.74, 6) is -2.22. The number of amides is 2. The minimum Gasteiger partial charge on any atom is -0.376 e. The standard InChI is InChI=1S/C19H24F2N2O3/c1-12(17-3-2-10-26-17)22-18(24)13-6-8-23(9-7-13)19(25)15-5-4-14(20)11-16(15)21/h4-5,11-13,17H,2-3,6-10H2,1H3,(H,22,24). The molecule has 1 N–H and O–H groups in total. The van der Waals surface area contributed by atoms with E-state index in [2.05, 4.69) is 5.32 Å². The fourth-order valence-electron chi connectivity index (χ4n) is 3.61. The predicted molar refractivity (Wildman–Crippen MR) is 91.6 cm³/mol. The lowest BCUT2D eigenvalue weighted by Gasteiger charge is -2.32. The van der Waals surface area contributed by atoms with E-state index in [9.17, 15) is 18.4 Å². The number of hydrogen-bond acceptors (Lipinski definition) is 3. The number of halogens is 2. The molecule has 26 heavy (non-hydrogen) atoms. The molecule has 142 valence electrons. The average molecular weight is 366 g/mol. The molecule has 1 aromatic rings. The highest BCUT2D eigenvalue weighted by Gasteiger charge is 2.31. The van der Waals surface area contributed by atoms with Gasteiger partial charge in [0, 0.05) is 31.7 Å². The highest BCUT2D eigenvalue weighted by Crippen LogP contribution is 2.22. The molecule has 2 atom stereocenters. The minimum absolute atomic E-state index is 0.0203. The summed E-state index contributed by atoms with van der Waals surface area (Å²) in [6, 6.07) is 2.91. The molecule has 2 aliphatic heterocycles. The van der Waals surface area contributed by atoms with Gasteiger partial charge in [-0.2, -0.15) is 0 Å². The molecule has 0 saturated carbocycles. The Balaban J connectivity index is 1.51. The number of nitrogens with one attached hydrogen (secondary N) is 1. The number of carbonyl (C=O) groups excluding carboxylic acids is 2. The van der Waals surface area contributed by atoms with Gasteiger partial charge in [-0.1, -0.05) is 0 Å². The molecule has 3 rings (SSSR count). The Morgan fingerprint density at radius 2 is 1.96 bits per heavy atom. The Morgan fingerprint density at radius 1 is 1.23 bits per heavy atom. The summed E-state index contributed by atoms with van der Waals surface area (Å²) < 4.78 is 32.4. The topological polar surface area (TPSA) is 58.6 Å². The molecular weight excluding hydrogens is 342 g/mol. The first-order valence-corrected chi connectivity index (χ1v) is 9.12. The first-order valence-electron chi connectivity index (χ1n) is 9.12. The van der Waals surface area contributed by atoms with E-state index < -0.39 is 17.5 Å². The maximum absolute atomic E-state index is 13.8. The van der Waals surface area contributed by atoms with Gasteiger partial charge in [-0.25, -0.2) is 8.78 Å². The smallest absolute Gasteiger partial charge is 0.256 e. The number of rotatable bonds is 4. The van der Waals surface area contributed by atoms with Crippen LogP contribution in [0.5, 0.6) is 0 Å². The normalized spacial score (nSPS) is 22.3. The van der Waals surface area contributed by atoms with Crippen LogP contribution in [0.4, 0.5) is 8.78 Å². The van der Waals surface area contributed by atoms with Gasteiger partial charge in [-0.3, -0.25) is 9.59 Å². The van der Waals surface area contributed by atoms with Crippen molar-refractivity contribution in [3.05, 3.63) is 35.4 Å². The molecule has 2 fully saturated rings. The van der Waals surface area contributed by atoms with Crippen LogP contribution in [0.1, 0.15) is 43.0 Å². The molecule has 2 aliphatic rings. The third-order valence-corrected chi connectivity index (χ3v) is 5.21. The van der Waals surface area contributed by atoms with E-state index in [-0.39, 0.29) is 29.5 Å². The number of carbonyl (C=O) groups is 2. The van der Waals surface area contributed by atoms with Crippen molar-refractivity contribution in [2.24, 2.45) is 5.92 Å². The van der Waals surface area contributed by atoms with Crippen molar-refractivity contribution >= 4 is 11.8 Å². The summed E-state index contributed by atoms with van der Waals surface area (Å²) in [4.78, 5) is 26.4. The molecule has 2 saturated heterocycles. The second kappa shape index (κ2) is 8.12. The number of nitrogens with zero attached hydrogens (tertiary/aromatic N) is 1. The van der Waals surface area contributed by atoms with E-state index in [1.165, 1.54) is 4.90 Å². The molecule has 0 spiro atoms. The second-order valence-electron chi connectivity index (χ2n) is 7.04. The van der Waals surface area contributed by atoms with E-state index in [0.29, 0.717) is 32.0 Å². The summed E-state index contributed by atoms with van der Waals surface area (Å²) in [6.07, 6.45) is 3.10. The van der Waals surface area contributed by atoms with E-state index in [1.807, 2.05) is 6.92 Å². The molecule has 0 bridgehead atoms. The van der Waals surface area contributed by atoms with Crippen LogP contribution in [-0.2, 0) is 9.53 Å². The maximum atomic E-state index is 13.8. The lowest BCUT2D eigenvalue weighted by Crippen LogP contribution is -2.47. The predicted octanol–water partition coefficient (Wildman–Crippen LogP) is 2.50. The molecule has 0 radical (unpaired) electrons. The molecule has 0 aromatic heterocycles. The molecule has 2 unspecified atom stereocenters. The fourth-order valence-corrected chi connectivity index (χ4v) is 3.61. The van der Waals surface area contributed by atoms with E-state index in [1.54, 1.807) is 0 Å². The number of piperidine rings is 1. The Morgan fingerprint density at radius 3 is 2.58 bits per heavy atom. The van der Waals surface area contributed by atoms with Gasteiger partial charge in [0.05, 0.1) is 17.7 Å². The third kappa shape index (κ3) is 4.20. The summed E-state index contributed by atoms with van der Waals surface area (Å²) in [5.41, 5.74) is -0.138. The Bertz CT molecular complexity index is 669. The summed E-state index contributed by atoms with van der Waals surface area (Å²) in [7, 11) is 0. The van der Waals surface area contributed by atoms with Crippen LogP contribution in [0.2, 0.25) is 0 Å². The van der Waals surface area contributed by atoms with Crippen molar-refractivity contribution in [3.63, 3.8) is 0 Å². The highest BCUT2D eigenvalue weighted by atomic mass is 19.1. The SMILES string of the molecule is CC(NC(=O)C1CCN(C(=O)c2ccc(F)cc2F)CC1)C1CCCO1. The van der Waals surface area contributed by atoms with Gasteiger partial charge in [0.15, 0.2) is 0 Å². The zero-order valence-corrected chi connectivity index (χ0v) is 14.8. The van der Waals surface area contributed by atoms with Gasteiger partial charge in [0.2, 0.25) is 5.91 Å². The van der Waals surface area contributed by atoms with Crippen molar-refractivity contribution in [2.45, 2.75) is 44.8 Å². The lowest BCUT2D eigenvalue weighted by atomic mass is 9.94. The zero-order valence-electron chi connectivity index (χ0n) is 14.8. The molecule has 0 aliphatic carbocycles. The summed E-state index contributed by atoms with van der Waals surface area (Å²) in [5, 5.41) is 3.01. The van der Waals surface area contributed by atoms with Gasteiger partial charge in [0.25, 0.3) is 5.91 Å². The monoisotopic (exact) mass is 366 g/mol. The Hall–Kier alpha value is -2.02. The van der Waals surface area contributed by atoms with Gasteiger partial charge in [-0.05, 0) is 44.7 Å². The fraction of sp³-hybridized carbons (Fsp3) is 0.579. The molecular formula is C19H24F2N2O3. The molecule has 2 amide bonds. The van der Waals surface area contributed by atoms with E-state index in [0.717, 1.165) is 31.6 Å².